The number of hydrogen-bond donors (Lipinski definition) is 6. The van der Waals surface area contributed by atoms with E-state index in [0.717, 1.165) is 0 Å². The second kappa shape index (κ2) is 7.01. The van der Waals surface area contributed by atoms with Crippen molar-refractivity contribution in [1.29, 1.82) is 0 Å². The quantitative estimate of drug-likeness (QED) is 0.295. The molecule has 0 saturated carbocycles. The fraction of sp³-hybridized carbons (Fsp3) is 1.00. The highest BCUT2D eigenvalue weighted by Gasteiger charge is 2.47. The van der Waals surface area contributed by atoms with E-state index in [2.05, 4.69) is 0 Å². The third-order valence-electron chi connectivity index (χ3n) is 3.92. The molecule has 10 atom stereocenters. The average Bonchev–Trinajstić information content (AvgIpc) is 2.50. The van der Waals surface area contributed by atoms with Gasteiger partial charge in [0.05, 0.1) is 18.8 Å². The molecule has 0 aromatic carbocycles. The Bertz CT molecular complexity index is 366. The summed E-state index contributed by atoms with van der Waals surface area (Å²) in [5, 5.41) is 69.1. The second-order valence-electron chi connectivity index (χ2n) is 5.49. The highest BCUT2D eigenvalue weighted by Crippen LogP contribution is 2.27. The molecule has 2 fully saturated rings. The molecule has 2 aliphatic rings. The van der Waals surface area contributed by atoms with Crippen molar-refractivity contribution in [3.05, 3.63) is 0 Å². The Morgan fingerprint density at radius 2 is 1.55 bits per heavy atom. The maximum Gasteiger partial charge on any atom is 0.187 e. The van der Waals surface area contributed by atoms with E-state index in [4.69, 9.17) is 14.2 Å². The molecule has 0 aliphatic carbocycles. The van der Waals surface area contributed by atoms with Gasteiger partial charge in [0.2, 0.25) is 0 Å². The van der Waals surface area contributed by atoms with Crippen LogP contribution in [0.1, 0.15) is 6.92 Å². The molecule has 2 rings (SSSR count). The van der Waals surface area contributed by atoms with E-state index >= 15 is 0 Å². The SMILES string of the molecule is C[C@@H]1O[C@H](O[C@H]2[C@H](O)[C@@H](O)[C@@H]([O-])O[C@@H]2CO)[C@@H](O)[C@H](O)[C@@H]1O. The monoisotopic (exact) mass is 325 g/mol. The minimum absolute atomic E-state index is 0.670. The van der Waals surface area contributed by atoms with Gasteiger partial charge < -0.3 is 50.0 Å². The Hall–Kier alpha value is -0.400. The van der Waals surface area contributed by atoms with Crippen molar-refractivity contribution in [2.24, 2.45) is 0 Å². The third-order valence-corrected chi connectivity index (χ3v) is 3.92. The van der Waals surface area contributed by atoms with Gasteiger partial charge in [-0.25, -0.2) is 0 Å². The highest BCUT2D eigenvalue weighted by atomic mass is 16.7. The van der Waals surface area contributed by atoms with E-state index in [-0.39, 0.29) is 0 Å². The predicted molar refractivity (Wildman–Crippen MR) is 65.0 cm³/mol. The largest absolute Gasteiger partial charge is 0.829 e. The first-order chi connectivity index (χ1) is 10.3. The summed E-state index contributed by atoms with van der Waals surface area (Å²) in [7, 11) is 0. The molecule has 10 nitrogen and oxygen atoms in total. The van der Waals surface area contributed by atoms with Crippen LogP contribution in [0.5, 0.6) is 0 Å². The zero-order valence-electron chi connectivity index (χ0n) is 11.8. The molecule has 6 N–H and O–H groups in total. The first-order valence-electron chi connectivity index (χ1n) is 6.91. The van der Waals surface area contributed by atoms with E-state index in [1.165, 1.54) is 6.92 Å². The first kappa shape index (κ1) is 17.9. The minimum Gasteiger partial charge on any atom is -0.829 e. The van der Waals surface area contributed by atoms with Gasteiger partial charge in [-0.1, -0.05) is 0 Å². The van der Waals surface area contributed by atoms with Gasteiger partial charge in [0.25, 0.3) is 0 Å². The smallest absolute Gasteiger partial charge is 0.187 e. The molecule has 130 valence electrons. The Balaban J connectivity index is 2.10. The van der Waals surface area contributed by atoms with Crippen LogP contribution >= 0.6 is 0 Å². The van der Waals surface area contributed by atoms with Crippen molar-refractivity contribution in [1.82, 2.24) is 0 Å². The Labute approximate surface area is 126 Å². The van der Waals surface area contributed by atoms with Crippen LogP contribution in [-0.4, -0.2) is 98.7 Å². The summed E-state index contributed by atoms with van der Waals surface area (Å²) < 4.78 is 15.3. The molecular weight excluding hydrogens is 304 g/mol. The molecule has 0 amide bonds. The fourth-order valence-electron chi connectivity index (χ4n) is 2.50. The van der Waals surface area contributed by atoms with Crippen molar-refractivity contribution >= 4 is 0 Å². The molecule has 2 saturated heterocycles. The maximum atomic E-state index is 11.4. The van der Waals surface area contributed by atoms with Crippen molar-refractivity contribution in [3.8, 4) is 0 Å². The summed E-state index contributed by atoms with van der Waals surface area (Å²) in [4.78, 5) is 0. The molecule has 0 spiro atoms. The predicted octanol–water partition coefficient (Wildman–Crippen LogP) is -5.00. The number of hydrogen-bond acceptors (Lipinski definition) is 10. The van der Waals surface area contributed by atoms with Gasteiger partial charge in [-0.05, 0) is 6.92 Å². The molecule has 0 unspecified atom stereocenters. The Kier molecular flexibility index (Phi) is 5.72. The summed E-state index contributed by atoms with van der Waals surface area (Å²) in [5.41, 5.74) is 0. The zero-order valence-corrected chi connectivity index (χ0v) is 11.8. The maximum absolute atomic E-state index is 11.4. The summed E-state index contributed by atoms with van der Waals surface area (Å²) in [6, 6.07) is 0. The standard InChI is InChI=1S/C12H21O10/c1-3-5(14)6(15)9(18)12(20-3)22-10-4(2-13)21-11(19)8(17)7(10)16/h3-18H,2H2,1H3/q-1/t3-,4+,5+,6+,7+,8+,9-,10+,11-,12+/m0/s1. The van der Waals surface area contributed by atoms with E-state index in [9.17, 15) is 35.7 Å². The van der Waals surface area contributed by atoms with E-state index < -0.39 is 68.0 Å². The zero-order chi connectivity index (χ0) is 16.6. The van der Waals surface area contributed by atoms with E-state index in [1.54, 1.807) is 0 Å². The third kappa shape index (κ3) is 3.26. The van der Waals surface area contributed by atoms with Crippen LogP contribution in [0.2, 0.25) is 0 Å². The second-order valence-corrected chi connectivity index (χ2v) is 5.49. The van der Waals surface area contributed by atoms with Crippen LogP contribution < -0.4 is 5.11 Å². The number of rotatable bonds is 3. The molecule has 22 heavy (non-hydrogen) atoms. The van der Waals surface area contributed by atoms with Gasteiger partial charge in [-0.2, -0.15) is 0 Å². The lowest BCUT2D eigenvalue weighted by Gasteiger charge is -2.47. The highest BCUT2D eigenvalue weighted by molar-refractivity contribution is 4.92. The van der Waals surface area contributed by atoms with Gasteiger partial charge in [0.15, 0.2) is 6.29 Å². The fourth-order valence-corrected chi connectivity index (χ4v) is 2.50. The minimum atomic E-state index is -1.95. The number of aliphatic hydroxyl groups excluding tert-OH is 6. The van der Waals surface area contributed by atoms with Crippen LogP contribution in [-0.2, 0) is 14.2 Å². The molecule has 10 heteroatoms. The van der Waals surface area contributed by atoms with Crippen LogP contribution in [0.25, 0.3) is 0 Å². The van der Waals surface area contributed by atoms with Crippen molar-refractivity contribution in [3.63, 3.8) is 0 Å². The van der Waals surface area contributed by atoms with Crippen LogP contribution in [0.15, 0.2) is 0 Å². The molecule has 0 aromatic heterocycles. The lowest BCUT2D eigenvalue weighted by molar-refractivity contribution is -0.535. The molecular formula is C12H21O10-. The van der Waals surface area contributed by atoms with Crippen LogP contribution in [0.4, 0.5) is 0 Å². The average molecular weight is 325 g/mol. The number of ether oxygens (including phenoxy) is 3. The van der Waals surface area contributed by atoms with E-state index in [1.807, 2.05) is 0 Å². The van der Waals surface area contributed by atoms with Crippen molar-refractivity contribution in [2.45, 2.75) is 68.3 Å². The molecule has 2 aliphatic heterocycles. The molecule has 0 radical (unpaired) electrons. The molecule has 0 aromatic rings. The van der Waals surface area contributed by atoms with Crippen molar-refractivity contribution < 1.29 is 50.0 Å². The molecule has 0 bridgehead atoms. The van der Waals surface area contributed by atoms with E-state index in [0.29, 0.717) is 0 Å². The van der Waals surface area contributed by atoms with Gasteiger partial charge >= 0.3 is 0 Å². The first-order valence-corrected chi connectivity index (χ1v) is 6.91. The van der Waals surface area contributed by atoms with Gasteiger partial charge in [-0.3, -0.25) is 0 Å². The van der Waals surface area contributed by atoms with Crippen molar-refractivity contribution in [2.75, 3.05) is 6.61 Å². The topological polar surface area (TPSA) is 172 Å². The van der Waals surface area contributed by atoms with Gasteiger partial charge in [0, 0.05) is 6.29 Å². The Morgan fingerprint density at radius 1 is 0.909 bits per heavy atom. The normalized spacial score (nSPS) is 53.5. The molecule has 2 heterocycles. The van der Waals surface area contributed by atoms with Gasteiger partial charge in [-0.15, -0.1) is 0 Å². The lowest BCUT2D eigenvalue weighted by atomic mass is 9.97. The summed E-state index contributed by atoms with van der Waals surface area (Å²) in [6.07, 6.45) is -14.8. The Morgan fingerprint density at radius 3 is 2.14 bits per heavy atom. The summed E-state index contributed by atoms with van der Waals surface area (Å²) in [5.74, 6) is 0. The summed E-state index contributed by atoms with van der Waals surface area (Å²) >= 11 is 0. The lowest BCUT2D eigenvalue weighted by Crippen LogP contribution is -2.65. The summed E-state index contributed by atoms with van der Waals surface area (Å²) in [6.45, 7) is 0.771. The van der Waals surface area contributed by atoms with Gasteiger partial charge in [0.1, 0.15) is 36.6 Å². The number of aliphatic hydroxyl groups is 6. The van der Waals surface area contributed by atoms with Crippen LogP contribution in [0, 0.1) is 0 Å². The van der Waals surface area contributed by atoms with Crippen LogP contribution in [0.3, 0.4) is 0 Å².